The summed E-state index contributed by atoms with van der Waals surface area (Å²) in [5, 5.41) is 19.2. The second-order valence-electron chi connectivity index (χ2n) is 3.16. The van der Waals surface area contributed by atoms with E-state index in [2.05, 4.69) is 11.9 Å². The van der Waals surface area contributed by atoms with Gasteiger partial charge in [-0.2, -0.15) is 0 Å². The Morgan fingerprint density at radius 1 is 1.50 bits per heavy atom. The average molecular weight is 254 g/mol. The third-order valence-electron chi connectivity index (χ3n) is 1.08. The van der Waals surface area contributed by atoms with Crippen molar-refractivity contribution in [3.05, 3.63) is 12.2 Å². The van der Waals surface area contributed by atoms with Gasteiger partial charge in [0.15, 0.2) is 0 Å². The van der Waals surface area contributed by atoms with Gasteiger partial charge in [-0.3, -0.25) is 0 Å². The Kier molecular flexibility index (Phi) is 21.9. The van der Waals surface area contributed by atoms with Crippen LogP contribution in [0.2, 0.25) is 0 Å². The van der Waals surface area contributed by atoms with Crippen LogP contribution >= 0.6 is 11.6 Å². The van der Waals surface area contributed by atoms with E-state index in [0.29, 0.717) is 17.9 Å². The van der Waals surface area contributed by atoms with Crippen molar-refractivity contribution in [3.8, 4) is 0 Å². The van der Waals surface area contributed by atoms with Gasteiger partial charge in [0.1, 0.15) is 0 Å². The van der Waals surface area contributed by atoms with Crippen LogP contribution in [0.25, 0.3) is 0 Å². The fourth-order valence-corrected chi connectivity index (χ4v) is 0.409. The number of halogens is 1. The lowest BCUT2D eigenvalue weighted by molar-refractivity contribution is -0.132. The third kappa shape index (κ3) is 29.2. The summed E-state index contributed by atoms with van der Waals surface area (Å²) in [5.41, 5.74) is 0.299. The quantitative estimate of drug-likeness (QED) is 0.529. The van der Waals surface area contributed by atoms with Crippen LogP contribution in [0.1, 0.15) is 26.7 Å². The van der Waals surface area contributed by atoms with Crippen molar-refractivity contribution in [1.82, 2.24) is 5.32 Å². The number of alkyl halides is 1. The first-order chi connectivity index (χ1) is 7.37. The Morgan fingerprint density at radius 3 is 1.88 bits per heavy atom. The zero-order chi connectivity index (χ0) is 13.6. The molecule has 1 unspecified atom stereocenters. The van der Waals surface area contributed by atoms with Crippen molar-refractivity contribution in [2.75, 3.05) is 20.0 Å². The average Bonchev–Trinajstić information content (AvgIpc) is 2.20. The Hall–Kier alpha value is -0.580. The predicted molar refractivity (Wildman–Crippen MR) is 69.1 cm³/mol. The Labute approximate surface area is 103 Å². The van der Waals surface area contributed by atoms with Crippen LogP contribution < -0.4 is 5.32 Å². The molecule has 0 aromatic heterocycles. The number of hydrogen-bond donors (Lipinski definition) is 3. The number of aliphatic hydroxyl groups is 1. The number of carboxylic acids is 1. The molecule has 0 radical (unpaired) electrons. The molecule has 4 nitrogen and oxygen atoms in total. The molecule has 5 heteroatoms. The number of aliphatic carboxylic acids is 1. The van der Waals surface area contributed by atoms with Crippen LogP contribution in [0.5, 0.6) is 0 Å². The van der Waals surface area contributed by atoms with E-state index in [0.717, 1.165) is 6.42 Å². The first kappa shape index (κ1) is 20.8. The lowest BCUT2D eigenvalue weighted by Crippen LogP contribution is -1.98. The Bertz CT molecular complexity index is 173. The number of nitrogens with one attached hydrogen (secondary N) is 1. The summed E-state index contributed by atoms with van der Waals surface area (Å²) in [6.45, 7) is 6.91. The monoisotopic (exact) mass is 253 g/mol. The largest absolute Gasteiger partial charge is 0.478 e. The molecule has 3 N–H and O–H groups in total. The number of rotatable bonds is 4. The van der Waals surface area contributed by atoms with Gasteiger partial charge in [-0.1, -0.05) is 19.9 Å². The molecular formula is C11H24ClNO3. The molecule has 0 aliphatic heterocycles. The summed E-state index contributed by atoms with van der Waals surface area (Å²) < 4.78 is 0. The molecular weight excluding hydrogens is 230 g/mol. The number of aliphatic hydroxyl groups excluding tert-OH is 1. The molecule has 0 spiro atoms. The minimum Gasteiger partial charge on any atom is -0.478 e. The highest BCUT2D eigenvalue weighted by molar-refractivity contribution is 6.18. The van der Waals surface area contributed by atoms with E-state index >= 15 is 0 Å². The van der Waals surface area contributed by atoms with E-state index in [1.807, 2.05) is 21.0 Å². The van der Waals surface area contributed by atoms with Crippen LogP contribution in [0.3, 0.4) is 0 Å². The molecule has 1 atom stereocenters. The van der Waals surface area contributed by atoms with E-state index < -0.39 is 5.97 Å². The molecule has 0 aliphatic rings. The molecule has 0 saturated heterocycles. The molecule has 0 aliphatic carbocycles. The predicted octanol–water partition coefficient (Wildman–Crippen LogP) is 1.87. The van der Waals surface area contributed by atoms with Crippen LogP contribution in [-0.2, 0) is 4.79 Å². The maximum absolute atomic E-state index is 9.99. The smallest absolute Gasteiger partial charge is 0.330 e. The lowest BCUT2D eigenvalue weighted by Gasteiger charge is -1.92. The zero-order valence-electron chi connectivity index (χ0n) is 10.6. The van der Waals surface area contributed by atoms with Crippen LogP contribution in [0, 0.1) is 0 Å². The standard InChI is InChI=1S/C6H10O2.C3H7ClO.C2H7N/c1-3-4-5(2)6(7)8;1-3(5)2-4;1-3-2/h2-4H2,1H3,(H,7,8);3,5H,2H2,1H3;3H,1-2H3. The maximum atomic E-state index is 9.99. The molecule has 0 fully saturated rings. The molecule has 0 amide bonds. The molecule has 16 heavy (non-hydrogen) atoms. The van der Waals surface area contributed by atoms with E-state index in [9.17, 15) is 4.79 Å². The van der Waals surface area contributed by atoms with Gasteiger partial charge in [0.05, 0.1) is 6.10 Å². The molecule has 0 saturated carbocycles. The van der Waals surface area contributed by atoms with Gasteiger partial charge in [-0.05, 0) is 27.4 Å². The molecule has 0 rings (SSSR count). The van der Waals surface area contributed by atoms with Gasteiger partial charge in [-0.25, -0.2) is 4.79 Å². The first-order valence-corrected chi connectivity index (χ1v) is 5.64. The summed E-state index contributed by atoms with van der Waals surface area (Å²) in [5.74, 6) is -0.549. The van der Waals surface area contributed by atoms with Gasteiger partial charge in [-0.15, -0.1) is 11.6 Å². The third-order valence-corrected chi connectivity index (χ3v) is 1.52. The Balaban J connectivity index is -0.000000181. The molecule has 0 heterocycles. The summed E-state index contributed by atoms with van der Waals surface area (Å²) in [6.07, 6.45) is 1.09. The number of carboxylic acid groups (broad SMARTS) is 1. The van der Waals surface area contributed by atoms with Crippen LogP contribution in [-0.4, -0.2) is 42.3 Å². The van der Waals surface area contributed by atoms with Crippen LogP contribution in [0.4, 0.5) is 0 Å². The van der Waals surface area contributed by atoms with Gasteiger partial charge in [0.25, 0.3) is 0 Å². The molecule has 0 bridgehead atoms. The van der Waals surface area contributed by atoms with Gasteiger partial charge >= 0.3 is 5.97 Å². The second kappa shape index (κ2) is 16.8. The van der Waals surface area contributed by atoms with Crippen molar-refractivity contribution >= 4 is 17.6 Å². The normalized spacial score (nSPS) is 10.1. The topological polar surface area (TPSA) is 69.6 Å². The van der Waals surface area contributed by atoms with Crippen molar-refractivity contribution in [1.29, 1.82) is 0 Å². The van der Waals surface area contributed by atoms with Crippen molar-refractivity contribution in [3.63, 3.8) is 0 Å². The van der Waals surface area contributed by atoms with E-state index in [-0.39, 0.29) is 6.10 Å². The first-order valence-electron chi connectivity index (χ1n) is 5.10. The van der Waals surface area contributed by atoms with Gasteiger partial charge < -0.3 is 15.5 Å². The Morgan fingerprint density at radius 2 is 1.81 bits per heavy atom. The van der Waals surface area contributed by atoms with Crippen molar-refractivity contribution in [2.45, 2.75) is 32.8 Å². The van der Waals surface area contributed by atoms with E-state index in [1.54, 1.807) is 6.92 Å². The highest BCUT2D eigenvalue weighted by Crippen LogP contribution is 1.99. The highest BCUT2D eigenvalue weighted by Gasteiger charge is 1.99. The summed E-state index contributed by atoms with van der Waals surface area (Å²) in [6, 6.07) is 0. The molecule has 0 aromatic carbocycles. The fraction of sp³-hybridized carbons (Fsp3) is 0.727. The van der Waals surface area contributed by atoms with Crippen LogP contribution in [0.15, 0.2) is 12.2 Å². The summed E-state index contributed by atoms with van der Waals surface area (Å²) in [4.78, 5) is 9.99. The van der Waals surface area contributed by atoms with Crippen molar-refractivity contribution in [2.24, 2.45) is 0 Å². The summed E-state index contributed by atoms with van der Waals surface area (Å²) in [7, 11) is 3.75. The van der Waals surface area contributed by atoms with Crippen molar-refractivity contribution < 1.29 is 15.0 Å². The molecule has 0 aromatic rings. The van der Waals surface area contributed by atoms with Gasteiger partial charge in [0.2, 0.25) is 0 Å². The fourth-order valence-electron chi connectivity index (χ4n) is 0.409. The SMILES string of the molecule is C=C(CCC)C(=O)O.CC(O)CCl.CNC. The highest BCUT2D eigenvalue weighted by atomic mass is 35.5. The minimum absolute atomic E-state index is 0.299. The summed E-state index contributed by atoms with van der Waals surface area (Å²) >= 11 is 5.09. The molecule has 98 valence electrons. The van der Waals surface area contributed by atoms with Gasteiger partial charge in [0, 0.05) is 11.5 Å². The van der Waals surface area contributed by atoms with E-state index in [4.69, 9.17) is 21.8 Å². The van der Waals surface area contributed by atoms with E-state index in [1.165, 1.54) is 0 Å². The lowest BCUT2D eigenvalue weighted by atomic mass is 10.2. The number of hydrogen-bond acceptors (Lipinski definition) is 3. The number of carbonyl (C=O) groups is 1. The maximum Gasteiger partial charge on any atom is 0.330 e. The second-order valence-corrected chi connectivity index (χ2v) is 3.47. The minimum atomic E-state index is -0.883. The zero-order valence-corrected chi connectivity index (χ0v) is 11.3.